The molecule has 0 saturated carbocycles. The van der Waals surface area contributed by atoms with Crippen molar-refractivity contribution in [2.24, 2.45) is 28.4 Å². The Balaban J connectivity index is 2.28. The molecule has 0 radical (unpaired) electrons. The number of nitriles is 3. The van der Waals surface area contributed by atoms with E-state index in [0.717, 1.165) is 24.0 Å². The van der Waals surface area contributed by atoms with Gasteiger partial charge >= 0.3 is 0 Å². The molecule has 1 aromatic carbocycles. The molecule has 1 aromatic rings. The minimum Gasteiger partial charge on any atom is -0.493 e. The van der Waals surface area contributed by atoms with E-state index < -0.39 is 5.41 Å². The summed E-state index contributed by atoms with van der Waals surface area (Å²) in [5.41, 5.74) is 6.77. The highest BCUT2D eigenvalue weighted by atomic mass is 16.5. The highest BCUT2D eigenvalue weighted by molar-refractivity contribution is 5.59. The number of nitrogens with zero attached hydrogens (tertiary/aromatic N) is 3. The number of methoxy groups -OCH3 is 1. The van der Waals surface area contributed by atoms with E-state index in [2.05, 4.69) is 39.0 Å². The third-order valence-electron chi connectivity index (χ3n) is 6.99. The summed E-state index contributed by atoms with van der Waals surface area (Å²) in [6.45, 7) is 10.5. The average molecular weight is 445 g/mol. The van der Waals surface area contributed by atoms with E-state index in [4.69, 9.17) is 15.2 Å². The van der Waals surface area contributed by atoms with Crippen molar-refractivity contribution >= 4 is 0 Å². The van der Waals surface area contributed by atoms with Gasteiger partial charge < -0.3 is 15.2 Å². The van der Waals surface area contributed by atoms with Crippen molar-refractivity contribution < 1.29 is 9.47 Å². The van der Waals surface area contributed by atoms with E-state index in [9.17, 15) is 15.8 Å². The van der Waals surface area contributed by atoms with E-state index >= 15 is 0 Å². The zero-order valence-electron chi connectivity index (χ0n) is 20.3. The summed E-state index contributed by atoms with van der Waals surface area (Å²) in [4.78, 5) is 0. The molecular formula is C27H32N4O2. The van der Waals surface area contributed by atoms with Gasteiger partial charge in [-0.15, -0.1) is 0 Å². The monoisotopic (exact) mass is 444 g/mol. The minimum absolute atomic E-state index is 0.0406. The Morgan fingerprint density at radius 1 is 1.12 bits per heavy atom. The van der Waals surface area contributed by atoms with Crippen LogP contribution in [0.3, 0.4) is 0 Å². The Labute approximate surface area is 196 Å². The largest absolute Gasteiger partial charge is 0.493 e. The maximum absolute atomic E-state index is 10.2. The maximum atomic E-state index is 10.2. The summed E-state index contributed by atoms with van der Waals surface area (Å²) in [5, 5.41) is 30.3. The van der Waals surface area contributed by atoms with Crippen molar-refractivity contribution in [3.05, 3.63) is 46.7 Å². The number of ether oxygens (including phenoxy) is 2. The van der Waals surface area contributed by atoms with Gasteiger partial charge in [-0.3, -0.25) is 0 Å². The number of hydrogen-bond donors (Lipinski definition) is 1. The Morgan fingerprint density at radius 3 is 2.30 bits per heavy atom. The van der Waals surface area contributed by atoms with Crippen LogP contribution in [0.25, 0.3) is 0 Å². The van der Waals surface area contributed by atoms with E-state index in [0.29, 0.717) is 17.4 Å². The van der Waals surface area contributed by atoms with Crippen molar-refractivity contribution in [2.75, 3.05) is 7.11 Å². The lowest BCUT2D eigenvalue weighted by molar-refractivity contribution is 0.180. The van der Waals surface area contributed by atoms with Crippen LogP contribution < -0.4 is 15.2 Å². The fourth-order valence-corrected chi connectivity index (χ4v) is 5.17. The molecule has 2 N–H and O–H groups in total. The Hall–Kier alpha value is -3.43. The molecule has 2 aliphatic carbocycles. The number of fused-ring (bicyclic) bond motifs is 1. The molecule has 172 valence electrons. The molecular weight excluding hydrogens is 412 g/mol. The normalized spacial score (nSPS) is 24.1. The van der Waals surface area contributed by atoms with Crippen LogP contribution in [0.4, 0.5) is 0 Å². The molecule has 3 rings (SSSR count). The Kier molecular flexibility index (Phi) is 6.49. The standard InChI is InChI=1S/C27H32N4O2/c1-16(2)33-23-11-17(7-10-22(23)32-6)24-19-12-18(26(3,4)5)8-9-21(19)27(14-29,15-30)25(31)20(24)13-28/h7,9-11,16,18-19,24H,8,12,31H2,1-6H3. The van der Waals surface area contributed by atoms with Crippen molar-refractivity contribution in [3.63, 3.8) is 0 Å². The molecule has 0 aromatic heterocycles. The van der Waals surface area contributed by atoms with Crippen LogP contribution in [0.1, 0.15) is 58.9 Å². The van der Waals surface area contributed by atoms with Crippen molar-refractivity contribution in [2.45, 2.75) is 59.5 Å². The summed E-state index contributed by atoms with van der Waals surface area (Å²) in [6, 6.07) is 12.2. The van der Waals surface area contributed by atoms with Crippen LogP contribution >= 0.6 is 0 Å². The van der Waals surface area contributed by atoms with Crippen LogP contribution in [-0.2, 0) is 0 Å². The maximum Gasteiger partial charge on any atom is 0.204 e. The fourth-order valence-electron chi connectivity index (χ4n) is 5.17. The summed E-state index contributed by atoms with van der Waals surface area (Å²) >= 11 is 0. The zero-order valence-corrected chi connectivity index (χ0v) is 20.3. The third-order valence-corrected chi connectivity index (χ3v) is 6.99. The molecule has 0 bridgehead atoms. The third kappa shape index (κ3) is 4.05. The summed E-state index contributed by atoms with van der Waals surface area (Å²) in [5.74, 6) is 0.972. The molecule has 6 nitrogen and oxygen atoms in total. The second kappa shape index (κ2) is 8.84. The number of hydrogen-bond acceptors (Lipinski definition) is 6. The van der Waals surface area contributed by atoms with Crippen LogP contribution in [0, 0.1) is 56.7 Å². The van der Waals surface area contributed by atoms with Crippen molar-refractivity contribution in [1.82, 2.24) is 0 Å². The quantitative estimate of drug-likeness (QED) is 0.626. The smallest absolute Gasteiger partial charge is 0.204 e. The van der Waals surface area contributed by atoms with Crippen LogP contribution in [0.2, 0.25) is 0 Å². The predicted octanol–water partition coefficient (Wildman–Crippen LogP) is 5.35. The second-order valence-corrected chi connectivity index (χ2v) is 10.3. The van der Waals surface area contributed by atoms with Gasteiger partial charge in [0, 0.05) is 5.92 Å². The van der Waals surface area contributed by atoms with E-state index in [1.54, 1.807) is 7.11 Å². The van der Waals surface area contributed by atoms with Gasteiger partial charge in [-0.1, -0.05) is 32.9 Å². The van der Waals surface area contributed by atoms with Gasteiger partial charge in [0.05, 0.1) is 42.7 Å². The van der Waals surface area contributed by atoms with Gasteiger partial charge in [-0.25, -0.2) is 0 Å². The Bertz CT molecular complexity index is 1100. The fraction of sp³-hybridized carbons (Fsp3) is 0.519. The molecule has 0 fully saturated rings. The molecule has 3 atom stereocenters. The van der Waals surface area contributed by atoms with Gasteiger partial charge in [0.15, 0.2) is 11.5 Å². The minimum atomic E-state index is -1.61. The van der Waals surface area contributed by atoms with Crippen molar-refractivity contribution in [3.8, 4) is 29.7 Å². The molecule has 0 spiro atoms. The molecule has 0 amide bonds. The SMILES string of the molecule is COc1ccc(C2C(C#N)=C(N)C(C#N)(C#N)C3=CCC(C(C)(C)C)CC32)cc1OC(C)C. The zero-order chi connectivity index (χ0) is 24.6. The molecule has 6 heteroatoms. The molecule has 2 aliphatic rings. The van der Waals surface area contributed by atoms with Gasteiger partial charge in [0.2, 0.25) is 5.41 Å². The first kappa shape index (κ1) is 24.2. The molecule has 0 saturated heterocycles. The second-order valence-electron chi connectivity index (χ2n) is 10.3. The van der Waals surface area contributed by atoms with E-state index in [1.807, 2.05) is 38.1 Å². The highest BCUT2D eigenvalue weighted by Gasteiger charge is 2.53. The first-order valence-corrected chi connectivity index (χ1v) is 11.3. The Morgan fingerprint density at radius 2 is 1.79 bits per heavy atom. The van der Waals surface area contributed by atoms with Gasteiger partial charge in [-0.05, 0) is 67.2 Å². The van der Waals surface area contributed by atoms with Crippen LogP contribution in [0.5, 0.6) is 11.5 Å². The lowest BCUT2D eigenvalue weighted by Gasteiger charge is -2.46. The summed E-state index contributed by atoms with van der Waals surface area (Å²) < 4.78 is 11.5. The number of nitrogens with two attached hydrogens (primary N) is 1. The van der Waals surface area contributed by atoms with Gasteiger partial charge in [-0.2, -0.15) is 15.8 Å². The molecule has 33 heavy (non-hydrogen) atoms. The number of rotatable bonds is 4. The van der Waals surface area contributed by atoms with Crippen LogP contribution in [-0.4, -0.2) is 13.2 Å². The van der Waals surface area contributed by atoms with Crippen molar-refractivity contribution in [1.29, 1.82) is 15.8 Å². The lowest BCUT2D eigenvalue weighted by atomic mass is 9.55. The summed E-state index contributed by atoms with van der Waals surface area (Å²) in [6.07, 6.45) is 3.50. The van der Waals surface area contributed by atoms with Crippen LogP contribution in [0.15, 0.2) is 41.1 Å². The highest BCUT2D eigenvalue weighted by Crippen LogP contribution is 2.57. The molecule has 0 aliphatic heterocycles. The van der Waals surface area contributed by atoms with E-state index in [1.165, 1.54) is 0 Å². The molecule has 0 heterocycles. The van der Waals surface area contributed by atoms with Gasteiger partial charge in [0.25, 0.3) is 0 Å². The number of allylic oxidation sites excluding steroid dienone is 3. The molecule has 3 unspecified atom stereocenters. The number of benzene rings is 1. The average Bonchev–Trinajstić information content (AvgIpc) is 2.77. The predicted molar refractivity (Wildman–Crippen MR) is 126 cm³/mol. The van der Waals surface area contributed by atoms with Gasteiger partial charge in [0.1, 0.15) is 0 Å². The lowest BCUT2D eigenvalue weighted by Crippen LogP contribution is -2.43. The van der Waals surface area contributed by atoms with E-state index in [-0.39, 0.29) is 34.6 Å². The summed E-state index contributed by atoms with van der Waals surface area (Å²) in [7, 11) is 1.59. The topological polar surface area (TPSA) is 116 Å². The first-order valence-electron chi connectivity index (χ1n) is 11.3. The first-order chi connectivity index (χ1) is 15.5.